The summed E-state index contributed by atoms with van der Waals surface area (Å²) in [4.78, 5) is 0. The molecule has 4 aliphatic rings. The van der Waals surface area contributed by atoms with Gasteiger partial charge in [0, 0.05) is 43.5 Å². The Morgan fingerprint density at radius 2 is 0.683 bits per heavy atom. The van der Waals surface area contributed by atoms with E-state index in [4.69, 9.17) is 9.47 Å². The van der Waals surface area contributed by atoms with Crippen LogP contribution in [-0.4, -0.2) is 22.6 Å². The molecule has 0 saturated carbocycles. The van der Waals surface area contributed by atoms with E-state index in [-0.39, 0.29) is 35.1 Å². The van der Waals surface area contributed by atoms with Gasteiger partial charge in [-0.25, -0.2) is 0 Å². The minimum absolute atomic E-state index is 0.0570. The number of rotatable bonds is 4. The van der Waals surface area contributed by atoms with Crippen LogP contribution in [0.1, 0.15) is 156 Å². The number of benzene rings is 9. The summed E-state index contributed by atoms with van der Waals surface area (Å²) in [7, 11) is 0. The third kappa shape index (κ3) is 7.31. The van der Waals surface area contributed by atoms with Gasteiger partial charge in [0.1, 0.15) is 23.0 Å². The second-order valence-electron chi connectivity index (χ2n) is 29.4. The second kappa shape index (κ2) is 17.0. The van der Waals surface area contributed by atoms with Crippen LogP contribution >= 0.6 is 0 Å². The van der Waals surface area contributed by atoms with Gasteiger partial charge in [-0.1, -0.05) is 208 Å². The van der Waals surface area contributed by atoms with Crippen LogP contribution in [0.25, 0.3) is 77.2 Å². The average molecular weight is 1070 g/mol. The molecular weight excluding hydrogens is 994 g/mol. The lowest BCUT2D eigenvalue weighted by Gasteiger charge is -2.41. The number of hydrogen-bond donors (Lipinski definition) is 0. The lowest BCUT2D eigenvalue weighted by atomic mass is 9.31. The van der Waals surface area contributed by atoms with Gasteiger partial charge in [0.05, 0.1) is 22.4 Å². The zero-order valence-corrected chi connectivity index (χ0v) is 50.9. The summed E-state index contributed by atoms with van der Waals surface area (Å²) in [5.74, 6) is 4.51. The fraction of sp³-hybridized carbons (Fsp3) is 0.289. The summed E-state index contributed by atoms with van der Waals surface area (Å²) >= 11 is 0. The van der Waals surface area contributed by atoms with Crippen LogP contribution in [0.3, 0.4) is 0 Å². The Hall–Kier alpha value is -7.69. The molecule has 0 fully saturated rings. The summed E-state index contributed by atoms with van der Waals surface area (Å²) in [6, 6.07) is 57.1. The smallest absolute Gasteiger partial charge is 0.256 e. The Balaban J connectivity index is 1.13. The van der Waals surface area contributed by atoms with Gasteiger partial charge in [0.25, 0.3) is 13.4 Å². The van der Waals surface area contributed by atoms with Gasteiger partial charge >= 0.3 is 0 Å². The molecule has 0 radical (unpaired) electrons. The van der Waals surface area contributed by atoms with E-state index in [9.17, 15) is 0 Å². The van der Waals surface area contributed by atoms with Gasteiger partial charge in [0.2, 0.25) is 0 Å². The molecule has 0 bridgehead atoms. The first kappa shape index (κ1) is 51.2. The molecule has 82 heavy (non-hydrogen) atoms. The summed E-state index contributed by atoms with van der Waals surface area (Å²) in [5.41, 5.74) is 26.6. The van der Waals surface area contributed by atoms with E-state index in [1.807, 2.05) is 0 Å². The monoisotopic (exact) mass is 1070 g/mol. The summed E-state index contributed by atoms with van der Waals surface area (Å²) in [6.45, 7) is 36.9. The Morgan fingerprint density at radius 1 is 0.341 bits per heavy atom. The van der Waals surface area contributed by atoms with Crippen molar-refractivity contribution >= 4 is 89.8 Å². The van der Waals surface area contributed by atoms with Crippen LogP contribution in [0, 0.1) is 0 Å². The molecule has 0 unspecified atom stereocenters. The van der Waals surface area contributed by atoms with Crippen molar-refractivity contribution in [1.82, 2.24) is 9.13 Å². The summed E-state index contributed by atoms with van der Waals surface area (Å²) < 4.78 is 21.1. The van der Waals surface area contributed by atoms with Crippen molar-refractivity contribution in [2.45, 2.75) is 144 Å². The molecule has 15 rings (SSSR count). The molecule has 6 heterocycles. The highest BCUT2D eigenvalue weighted by Crippen LogP contribution is 2.50. The quantitative estimate of drug-likeness (QED) is 0.164. The lowest BCUT2D eigenvalue weighted by molar-refractivity contribution is 0.472. The van der Waals surface area contributed by atoms with Crippen molar-refractivity contribution in [1.29, 1.82) is 0 Å². The zero-order chi connectivity index (χ0) is 57.2. The van der Waals surface area contributed by atoms with E-state index in [0.717, 1.165) is 45.3 Å². The van der Waals surface area contributed by atoms with Crippen molar-refractivity contribution in [2.75, 3.05) is 0 Å². The van der Waals surface area contributed by atoms with E-state index < -0.39 is 0 Å². The number of aromatic nitrogens is 2. The van der Waals surface area contributed by atoms with Crippen molar-refractivity contribution in [2.24, 2.45) is 0 Å². The van der Waals surface area contributed by atoms with Gasteiger partial charge < -0.3 is 18.6 Å². The number of ether oxygens (including phenoxy) is 2. The van der Waals surface area contributed by atoms with Crippen LogP contribution in [0.2, 0.25) is 0 Å². The zero-order valence-electron chi connectivity index (χ0n) is 50.9. The number of nitrogens with zero attached hydrogens (tertiary/aromatic N) is 2. The Labute approximate surface area is 485 Å². The highest BCUT2D eigenvalue weighted by atomic mass is 16.5. The molecule has 0 spiro atoms. The van der Waals surface area contributed by atoms with Crippen LogP contribution in [0.5, 0.6) is 23.0 Å². The summed E-state index contributed by atoms with van der Waals surface area (Å²) in [5, 5.41) is 5.09. The first-order chi connectivity index (χ1) is 38.8. The van der Waals surface area contributed by atoms with Gasteiger partial charge in [-0.2, -0.15) is 0 Å². The van der Waals surface area contributed by atoms with Crippen LogP contribution in [0.4, 0.5) is 0 Å². The molecule has 4 aliphatic heterocycles. The Morgan fingerprint density at radius 3 is 1.02 bits per heavy atom. The first-order valence-electron chi connectivity index (χ1n) is 30.2. The van der Waals surface area contributed by atoms with Gasteiger partial charge in [-0.3, -0.25) is 0 Å². The van der Waals surface area contributed by atoms with Crippen molar-refractivity contribution in [3.05, 3.63) is 179 Å². The second-order valence-corrected chi connectivity index (χ2v) is 29.4. The maximum Gasteiger partial charge on any atom is 0.256 e. The largest absolute Gasteiger partial charge is 0.456 e. The molecule has 0 saturated heterocycles. The van der Waals surface area contributed by atoms with Crippen LogP contribution < -0.4 is 42.3 Å². The molecule has 0 aliphatic carbocycles. The number of fused-ring (bicyclic) bond motifs is 16. The van der Waals surface area contributed by atoms with E-state index in [1.54, 1.807) is 0 Å². The maximum absolute atomic E-state index is 7.94. The van der Waals surface area contributed by atoms with Gasteiger partial charge in [0.15, 0.2) is 0 Å². The van der Waals surface area contributed by atoms with Gasteiger partial charge in [-0.05, 0) is 160 Å². The standard InChI is InChI=1S/C76H74B2N2O2/c1-41(2)43-17-21-45(22-18-43)47-25-31-63-57(33-47)77-59-39-51(75(11,12)13)37-55-53-35-49(73(5,6)7)27-29-61(53)79(67(55)59)69-65(77)71(81-63)70-66-72(69)82-64-32-26-48(46-23-19-44(20-24-46)42(3)4)34-58(64)78(66)60-40-52(76(14,15)16)38-56-54-36-50(74(8,9)10)28-30-62(54)80(70)68(56)60/h17-42H,1-16H3. The highest BCUT2D eigenvalue weighted by molar-refractivity contribution is 7.02. The first-order valence-corrected chi connectivity index (χ1v) is 30.2. The van der Waals surface area contributed by atoms with E-state index >= 15 is 0 Å². The Kier molecular flexibility index (Phi) is 10.6. The third-order valence-electron chi connectivity index (χ3n) is 19.2. The van der Waals surface area contributed by atoms with E-state index in [1.165, 1.54) is 121 Å². The fourth-order valence-electron chi connectivity index (χ4n) is 14.4. The lowest BCUT2D eigenvalue weighted by Crippen LogP contribution is -2.63. The van der Waals surface area contributed by atoms with Crippen LogP contribution in [-0.2, 0) is 21.7 Å². The maximum atomic E-state index is 7.94. The van der Waals surface area contributed by atoms with Crippen molar-refractivity contribution in [3.8, 4) is 56.6 Å². The average Bonchev–Trinajstić information content (AvgIpc) is 1.86. The highest BCUT2D eigenvalue weighted by Gasteiger charge is 2.51. The predicted octanol–water partition coefficient (Wildman–Crippen LogP) is 16.5. The number of hydrogen-bond acceptors (Lipinski definition) is 2. The topological polar surface area (TPSA) is 28.3 Å². The Bertz CT molecular complexity index is 4300. The molecule has 11 aromatic rings. The fourth-order valence-corrected chi connectivity index (χ4v) is 14.4. The SMILES string of the molecule is CC(C)c1ccc(-c2ccc3c(c2)B2c4c(c5c6c(c4-n4c7ccc(C(C)(C)C)cc7c7cc(C(C)(C)C)cc2c74)Oc2ccc(-c4ccc(C(C)C)cc4)cc2B6c2cc(C(C)(C)C)cc4c6cc(C(C)(C)C)ccc6n-5c24)O3)cc1. The normalized spacial score (nSPS) is 14.2. The van der Waals surface area contributed by atoms with Crippen molar-refractivity contribution < 1.29 is 9.47 Å². The van der Waals surface area contributed by atoms with Crippen LogP contribution in [0.15, 0.2) is 146 Å². The van der Waals surface area contributed by atoms with E-state index in [0.29, 0.717) is 11.8 Å². The molecule has 2 aromatic heterocycles. The predicted molar refractivity (Wildman–Crippen MR) is 351 cm³/mol. The molecule has 4 nitrogen and oxygen atoms in total. The summed E-state index contributed by atoms with van der Waals surface area (Å²) in [6.07, 6.45) is 0. The molecule has 6 heteroatoms. The van der Waals surface area contributed by atoms with Crippen molar-refractivity contribution in [3.63, 3.8) is 0 Å². The molecule has 0 amide bonds. The molecule has 9 aromatic carbocycles. The third-order valence-corrected chi connectivity index (χ3v) is 19.2. The molecule has 0 atom stereocenters. The molecule has 0 N–H and O–H groups in total. The minimum Gasteiger partial charge on any atom is -0.456 e. The molecule has 406 valence electrons. The minimum atomic E-state index is -0.192. The molecular formula is C76H74B2N2O2. The van der Waals surface area contributed by atoms with Gasteiger partial charge in [-0.15, -0.1) is 0 Å². The van der Waals surface area contributed by atoms with E-state index in [2.05, 4.69) is 266 Å².